The SMILES string of the molecule is CCCCC(=O)Nc1ccc(N2CCC(N3CCCCC3)CC2)cc1C(=O)O.O=C(O)C(F)(F)F. The van der Waals surface area contributed by atoms with Crippen molar-refractivity contribution in [2.24, 2.45) is 0 Å². The third kappa shape index (κ3) is 9.04. The summed E-state index contributed by atoms with van der Waals surface area (Å²) in [7, 11) is 0. The number of aromatic carboxylic acids is 1. The number of carbonyl (C=O) groups excluding carboxylic acids is 1. The van der Waals surface area contributed by atoms with Crippen LogP contribution in [0.25, 0.3) is 0 Å². The number of hydrogen-bond acceptors (Lipinski definition) is 5. The van der Waals surface area contributed by atoms with Crippen molar-refractivity contribution in [2.75, 3.05) is 36.4 Å². The Bertz CT molecular complexity index is 864. The van der Waals surface area contributed by atoms with Gasteiger partial charge in [-0.2, -0.15) is 13.2 Å². The maximum absolute atomic E-state index is 12.0. The number of carboxylic acids is 2. The molecule has 0 spiro atoms. The van der Waals surface area contributed by atoms with Gasteiger partial charge in [-0.3, -0.25) is 4.79 Å². The van der Waals surface area contributed by atoms with Crippen LogP contribution in [0, 0.1) is 0 Å². The van der Waals surface area contributed by atoms with Crippen LogP contribution in [0.1, 0.15) is 68.6 Å². The summed E-state index contributed by atoms with van der Waals surface area (Å²) >= 11 is 0. The fourth-order valence-corrected chi connectivity index (χ4v) is 4.34. The third-order valence-electron chi connectivity index (χ3n) is 6.24. The van der Waals surface area contributed by atoms with Crippen LogP contribution >= 0.6 is 0 Å². The molecule has 2 saturated heterocycles. The van der Waals surface area contributed by atoms with Crippen LogP contribution in [-0.4, -0.2) is 71.4 Å². The van der Waals surface area contributed by atoms with Gasteiger partial charge in [-0.05, 0) is 63.4 Å². The molecule has 1 aromatic rings. The second kappa shape index (κ2) is 13.3. The molecule has 0 atom stereocenters. The average molecular weight is 502 g/mol. The van der Waals surface area contributed by atoms with Crippen molar-refractivity contribution in [2.45, 2.75) is 70.5 Å². The van der Waals surface area contributed by atoms with Gasteiger partial charge in [-0.15, -0.1) is 0 Å². The second-order valence-electron chi connectivity index (χ2n) is 8.80. The van der Waals surface area contributed by atoms with Gasteiger partial charge in [0, 0.05) is 31.2 Å². The van der Waals surface area contributed by atoms with Gasteiger partial charge in [-0.1, -0.05) is 19.8 Å². The Kier molecular flexibility index (Phi) is 10.8. The van der Waals surface area contributed by atoms with E-state index in [0.29, 0.717) is 18.2 Å². The van der Waals surface area contributed by atoms with Crippen LogP contribution in [0.2, 0.25) is 0 Å². The van der Waals surface area contributed by atoms with Crippen LogP contribution in [0.4, 0.5) is 24.5 Å². The minimum absolute atomic E-state index is 0.126. The first-order valence-corrected chi connectivity index (χ1v) is 12.0. The van der Waals surface area contributed by atoms with E-state index >= 15 is 0 Å². The number of rotatable bonds is 7. The van der Waals surface area contributed by atoms with E-state index in [1.165, 1.54) is 32.4 Å². The Balaban J connectivity index is 0.000000540. The smallest absolute Gasteiger partial charge is 0.478 e. The normalized spacial score (nSPS) is 17.3. The van der Waals surface area contributed by atoms with E-state index in [-0.39, 0.29) is 11.5 Å². The van der Waals surface area contributed by atoms with Gasteiger partial charge in [0.2, 0.25) is 5.91 Å². The van der Waals surface area contributed by atoms with Gasteiger partial charge >= 0.3 is 18.1 Å². The first-order chi connectivity index (χ1) is 16.5. The molecule has 2 aliphatic heterocycles. The van der Waals surface area contributed by atoms with Gasteiger partial charge in [0.25, 0.3) is 0 Å². The summed E-state index contributed by atoms with van der Waals surface area (Å²) < 4.78 is 31.7. The molecular formula is C24H34F3N3O5. The average Bonchev–Trinajstić information content (AvgIpc) is 2.83. The number of benzene rings is 1. The molecule has 35 heavy (non-hydrogen) atoms. The maximum Gasteiger partial charge on any atom is 0.490 e. The molecule has 2 fully saturated rings. The number of piperidine rings is 2. The standard InChI is InChI=1S/C22H33N3O3.C2HF3O2/c1-2-3-7-21(26)23-20-9-8-18(16-19(20)22(27)28)25-14-10-17(11-15-25)24-12-5-4-6-13-24;3-2(4,5)1(6)7/h8-9,16-17H,2-7,10-15H2,1H3,(H,23,26)(H,27,28);(H,6,7). The topological polar surface area (TPSA) is 110 Å². The van der Waals surface area contributed by atoms with Crippen molar-refractivity contribution in [1.29, 1.82) is 0 Å². The minimum atomic E-state index is -5.08. The Labute approximate surface area is 203 Å². The van der Waals surface area contributed by atoms with Gasteiger partial charge in [0.1, 0.15) is 0 Å². The molecule has 0 unspecified atom stereocenters. The highest BCUT2D eigenvalue weighted by molar-refractivity contribution is 6.01. The van der Waals surface area contributed by atoms with Crippen molar-refractivity contribution < 1.29 is 37.8 Å². The molecule has 0 bridgehead atoms. The highest BCUT2D eigenvalue weighted by Gasteiger charge is 2.38. The Morgan fingerprint density at radius 3 is 2.14 bits per heavy atom. The summed E-state index contributed by atoms with van der Waals surface area (Å²) in [6, 6.07) is 6.04. The number of unbranched alkanes of at least 4 members (excludes halogenated alkanes) is 1. The van der Waals surface area contributed by atoms with E-state index in [2.05, 4.69) is 15.1 Å². The van der Waals surface area contributed by atoms with Crippen LogP contribution in [0.3, 0.4) is 0 Å². The van der Waals surface area contributed by atoms with Crippen molar-refractivity contribution in [3.05, 3.63) is 23.8 Å². The van der Waals surface area contributed by atoms with Crippen molar-refractivity contribution in [3.8, 4) is 0 Å². The first-order valence-electron chi connectivity index (χ1n) is 12.0. The summed E-state index contributed by atoms with van der Waals surface area (Å²) in [5.74, 6) is -3.89. The van der Waals surface area contributed by atoms with E-state index in [1.807, 2.05) is 13.0 Å². The number of anilines is 2. The predicted molar refractivity (Wildman–Crippen MR) is 126 cm³/mol. The number of aliphatic carboxylic acids is 1. The summed E-state index contributed by atoms with van der Waals surface area (Å²) in [5.41, 5.74) is 1.49. The number of nitrogens with zero attached hydrogens (tertiary/aromatic N) is 2. The van der Waals surface area contributed by atoms with Gasteiger partial charge in [-0.25, -0.2) is 9.59 Å². The predicted octanol–water partition coefficient (Wildman–Crippen LogP) is 4.60. The molecule has 1 amide bonds. The fourth-order valence-electron chi connectivity index (χ4n) is 4.34. The van der Waals surface area contributed by atoms with Crippen molar-refractivity contribution in [3.63, 3.8) is 0 Å². The highest BCUT2D eigenvalue weighted by Crippen LogP contribution is 2.28. The highest BCUT2D eigenvalue weighted by atomic mass is 19.4. The van der Waals surface area contributed by atoms with Crippen LogP contribution < -0.4 is 10.2 Å². The lowest BCUT2D eigenvalue weighted by Gasteiger charge is -2.41. The molecule has 3 N–H and O–H groups in total. The summed E-state index contributed by atoms with van der Waals surface area (Å²) in [5, 5.41) is 19.5. The summed E-state index contributed by atoms with van der Waals surface area (Å²) in [4.78, 5) is 37.5. The third-order valence-corrected chi connectivity index (χ3v) is 6.24. The van der Waals surface area contributed by atoms with E-state index in [0.717, 1.165) is 44.5 Å². The van der Waals surface area contributed by atoms with E-state index in [4.69, 9.17) is 9.90 Å². The minimum Gasteiger partial charge on any atom is -0.478 e. The lowest BCUT2D eigenvalue weighted by Crippen LogP contribution is -2.46. The fraction of sp³-hybridized carbons (Fsp3) is 0.625. The Morgan fingerprint density at radius 1 is 1.03 bits per heavy atom. The zero-order valence-corrected chi connectivity index (χ0v) is 19.9. The molecule has 2 aliphatic rings. The van der Waals surface area contributed by atoms with E-state index in [9.17, 15) is 27.9 Å². The molecular weight excluding hydrogens is 467 g/mol. The number of carbonyl (C=O) groups is 3. The maximum atomic E-state index is 12.0. The van der Waals surface area contributed by atoms with E-state index in [1.54, 1.807) is 12.1 Å². The molecule has 0 radical (unpaired) electrons. The number of halogens is 3. The summed E-state index contributed by atoms with van der Waals surface area (Å²) in [6.45, 7) is 6.37. The monoisotopic (exact) mass is 501 g/mol. The van der Waals surface area contributed by atoms with Crippen molar-refractivity contribution >= 4 is 29.2 Å². The molecule has 11 heteroatoms. The van der Waals surface area contributed by atoms with Crippen LogP contribution in [0.15, 0.2) is 18.2 Å². The Hall–Kier alpha value is -2.82. The molecule has 2 heterocycles. The molecule has 1 aromatic carbocycles. The number of carboxylic acid groups (broad SMARTS) is 2. The lowest BCUT2D eigenvalue weighted by atomic mass is 9.99. The van der Waals surface area contributed by atoms with Gasteiger partial charge < -0.3 is 25.3 Å². The van der Waals surface area contributed by atoms with Gasteiger partial charge in [0.05, 0.1) is 11.3 Å². The quantitative estimate of drug-likeness (QED) is 0.501. The largest absolute Gasteiger partial charge is 0.490 e. The molecule has 3 rings (SSSR count). The summed E-state index contributed by atoms with van der Waals surface area (Å²) in [6.07, 6.45) is 3.30. The number of likely N-dealkylation sites (tertiary alicyclic amines) is 1. The van der Waals surface area contributed by atoms with Crippen molar-refractivity contribution in [1.82, 2.24) is 4.90 Å². The molecule has 0 saturated carbocycles. The van der Waals surface area contributed by atoms with Gasteiger partial charge in [0.15, 0.2) is 0 Å². The zero-order chi connectivity index (χ0) is 26.0. The second-order valence-corrected chi connectivity index (χ2v) is 8.80. The molecule has 196 valence electrons. The van der Waals surface area contributed by atoms with E-state index < -0.39 is 18.1 Å². The number of amides is 1. The Morgan fingerprint density at radius 2 is 1.63 bits per heavy atom. The zero-order valence-electron chi connectivity index (χ0n) is 19.9. The first kappa shape index (κ1) is 28.4. The number of nitrogens with one attached hydrogen (secondary N) is 1. The number of alkyl halides is 3. The molecule has 0 aliphatic carbocycles. The van der Waals surface area contributed by atoms with Crippen LogP contribution in [-0.2, 0) is 9.59 Å². The molecule has 0 aromatic heterocycles. The number of hydrogen-bond donors (Lipinski definition) is 3. The lowest BCUT2D eigenvalue weighted by molar-refractivity contribution is -0.192. The van der Waals surface area contributed by atoms with Crippen LogP contribution in [0.5, 0.6) is 0 Å². The molecule has 8 nitrogen and oxygen atoms in total.